The van der Waals surface area contributed by atoms with Gasteiger partial charge in [-0.25, -0.2) is 0 Å². The van der Waals surface area contributed by atoms with Gasteiger partial charge in [0.1, 0.15) is 0 Å². The van der Waals surface area contributed by atoms with E-state index in [4.69, 9.17) is 4.52 Å². The van der Waals surface area contributed by atoms with Crippen molar-refractivity contribution in [3.8, 4) is 0 Å². The smallest absolute Gasteiger partial charge is 0.323 e. The molecule has 4 rings (SSSR count). The van der Waals surface area contributed by atoms with Gasteiger partial charge in [-0.05, 0) is 32.1 Å². The Morgan fingerprint density at radius 1 is 1.16 bits per heavy atom. The van der Waals surface area contributed by atoms with E-state index in [0.29, 0.717) is 22.4 Å². The Bertz CT molecular complexity index is 500. The lowest BCUT2D eigenvalue weighted by Crippen LogP contribution is -2.32. The summed E-state index contributed by atoms with van der Waals surface area (Å²) < 4.78 is 17.6. The van der Waals surface area contributed by atoms with E-state index in [1.807, 2.05) is 0 Å². The number of aromatic nitrogens is 2. The number of fused-ring (bicyclic) bond motifs is 2. The summed E-state index contributed by atoms with van der Waals surface area (Å²) in [6.07, 6.45) is 6.85. The van der Waals surface area contributed by atoms with Crippen LogP contribution in [-0.4, -0.2) is 37.9 Å². The summed E-state index contributed by atoms with van der Waals surface area (Å²) in [5.74, 6) is 1.38. The summed E-state index contributed by atoms with van der Waals surface area (Å²) in [6, 6.07) is 0.645. The average molecular weight is 281 g/mol. The summed E-state index contributed by atoms with van der Waals surface area (Å²) in [5.41, 5.74) is 0. The molecule has 3 aliphatic rings. The third kappa shape index (κ3) is 2.00. The topological polar surface area (TPSA) is 59.2 Å². The molecule has 2 bridgehead atoms. The lowest BCUT2D eigenvalue weighted by atomic mass is 9.85. The van der Waals surface area contributed by atoms with Crippen LogP contribution in [0.1, 0.15) is 50.3 Å². The van der Waals surface area contributed by atoms with Crippen molar-refractivity contribution < 1.29 is 8.73 Å². The maximum atomic E-state index is 12.2. The maximum absolute atomic E-state index is 12.2. The first kappa shape index (κ1) is 11.9. The normalized spacial score (nSPS) is 35.2. The van der Waals surface area contributed by atoms with Crippen LogP contribution in [0, 0.1) is 0 Å². The molecule has 3 unspecified atom stereocenters. The maximum Gasteiger partial charge on any atom is 0.324 e. The molecule has 2 saturated heterocycles. The van der Waals surface area contributed by atoms with Gasteiger partial charge in [-0.3, -0.25) is 4.21 Å². The molecule has 0 N–H and O–H groups in total. The van der Waals surface area contributed by atoms with Crippen LogP contribution in [-0.2, 0) is 10.8 Å². The van der Waals surface area contributed by atoms with E-state index in [2.05, 4.69) is 15.0 Å². The zero-order valence-corrected chi connectivity index (χ0v) is 11.8. The zero-order chi connectivity index (χ0) is 12.8. The van der Waals surface area contributed by atoms with Gasteiger partial charge in [0, 0.05) is 35.1 Å². The van der Waals surface area contributed by atoms with Crippen LogP contribution in [0.15, 0.2) is 4.52 Å². The van der Waals surface area contributed by atoms with Crippen molar-refractivity contribution >= 4 is 16.8 Å². The minimum absolute atomic E-state index is 0.298. The van der Waals surface area contributed by atoms with Gasteiger partial charge in [0.15, 0.2) is 5.82 Å². The quantitative estimate of drug-likeness (QED) is 0.827. The van der Waals surface area contributed by atoms with E-state index < -0.39 is 10.8 Å². The molecule has 0 spiro atoms. The number of hydrogen-bond donors (Lipinski definition) is 0. The molecular weight excluding hydrogens is 262 g/mol. The summed E-state index contributed by atoms with van der Waals surface area (Å²) in [5, 5.41) is 4.81. The van der Waals surface area contributed by atoms with Gasteiger partial charge in [-0.15, -0.1) is 0 Å². The SMILES string of the molecule is O=S1C2CCC1CN(c1nc(C3CCC3)no1)CC2. The Kier molecular flexibility index (Phi) is 2.86. The van der Waals surface area contributed by atoms with Crippen LogP contribution in [0.2, 0.25) is 0 Å². The van der Waals surface area contributed by atoms with E-state index in [0.717, 1.165) is 38.2 Å². The minimum atomic E-state index is -0.654. The second-order valence-corrected chi connectivity index (χ2v) is 7.94. The Hall–Kier alpha value is -0.910. The van der Waals surface area contributed by atoms with E-state index in [9.17, 15) is 4.21 Å². The zero-order valence-electron chi connectivity index (χ0n) is 11.0. The predicted octanol–water partition coefficient (Wildman–Crippen LogP) is 1.83. The molecule has 0 amide bonds. The van der Waals surface area contributed by atoms with Gasteiger partial charge in [-0.1, -0.05) is 11.6 Å². The number of nitrogens with zero attached hydrogens (tertiary/aromatic N) is 3. The van der Waals surface area contributed by atoms with Crippen LogP contribution in [0.3, 0.4) is 0 Å². The van der Waals surface area contributed by atoms with Crippen LogP contribution >= 0.6 is 0 Å². The fourth-order valence-corrected chi connectivity index (χ4v) is 5.24. The molecule has 0 radical (unpaired) electrons. The lowest BCUT2D eigenvalue weighted by molar-refractivity contribution is 0.361. The molecule has 5 nitrogen and oxygen atoms in total. The summed E-state index contributed by atoms with van der Waals surface area (Å²) in [4.78, 5) is 6.71. The molecule has 3 fully saturated rings. The fourth-order valence-electron chi connectivity index (χ4n) is 3.30. The monoisotopic (exact) mass is 281 g/mol. The highest BCUT2D eigenvalue weighted by Crippen LogP contribution is 2.36. The van der Waals surface area contributed by atoms with Crippen LogP contribution in [0.5, 0.6) is 0 Å². The van der Waals surface area contributed by atoms with Crippen LogP contribution < -0.4 is 4.90 Å². The number of hydrogen-bond acceptors (Lipinski definition) is 5. The second kappa shape index (κ2) is 4.58. The fraction of sp³-hybridized carbons (Fsp3) is 0.846. The van der Waals surface area contributed by atoms with Crippen molar-refractivity contribution in [2.45, 2.75) is 54.9 Å². The van der Waals surface area contributed by atoms with Gasteiger partial charge in [0.2, 0.25) is 0 Å². The molecule has 0 aromatic carbocycles. The van der Waals surface area contributed by atoms with E-state index in [1.54, 1.807) is 0 Å². The highest BCUT2D eigenvalue weighted by atomic mass is 32.2. The third-order valence-electron chi connectivity index (χ3n) is 4.78. The van der Waals surface area contributed by atoms with Crippen molar-refractivity contribution in [3.05, 3.63) is 5.82 Å². The van der Waals surface area contributed by atoms with E-state index in [1.165, 1.54) is 19.3 Å². The van der Waals surface area contributed by atoms with Crippen molar-refractivity contribution in [1.29, 1.82) is 0 Å². The van der Waals surface area contributed by atoms with Crippen molar-refractivity contribution in [3.63, 3.8) is 0 Å². The Morgan fingerprint density at radius 2 is 2.00 bits per heavy atom. The van der Waals surface area contributed by atoms with Gasteiger partial charge in [0.05, 0.1) is 5.25 Å². The first-order valence-corrected chi connectivity index (χ1v) is 8.57. The van der Waals surface area contributed by atoms with Crippen LogP contribution in [0.25, 0.3) is 0 Å². The van der Waals surface area contributed by atoms with Crippen molar-refractivity contribution in [1.82, 2.24) is 10.1 Å². The summed E-state index contributed by atoms with van der Waals surface area (Å²) in [6.45, 7) is 1.72. The molecule has 1 saturated carbocycles. The third-order valence-corrected chi connectivity index (χ3v) is 6.95. The molecule has 1 aliphatic carbocycles. The molecule has 3 atom stereocenters. The minimum Gasteiger partial charge on any atom is -0.323 e. The predicted molar refractivity (Wildman–Crippen MR) is 72.7 cm³/mol. The molecular formula is C13H19N3O2S. The Labute approximate surface area is 115 Å². The average Bonchev–Trinajstić information content (AvgIpc) is 2.84. The lowest BCUT2D eigenvalue weighted by Gasteiger charge is -2.22. The molecule has 3 heterocycles. The molecule has 6 heteroatoms. The highest BCUT2D eigenvalue weighted by molar-refractivity contribution is 7.86. The Balaban J connectivity index is 1.52. The first-order valence-electron chi connectivity index (χ1n) is 7.29. The largest absolute Gasteiger partial charge is 0.324 e. The van der Waals surface area contributed by atoms with Gasteiger partial charge < -0.3 is 9.42 Å². The molecule has 2 aliphatic heterocycles. The van der Waals surface area contributed by atoms with Gasteiger partial charge >= 0.3 is 6.01 Å². The molecule has 1 aromatic heterocycles. The van der Waals surface area contributed by atoms with Crippen molar-refractivity contribution in [2.24, 2.45) is 0 Å². The van der Waals surface area contributed by atoms with E-state index in [-0.39, 0.29) is 0 Å². The van der Waals surface area contributed by atoms with E-state index >= 15 is 0 Å². The first-order chi connectivity index (χ1) is 9.31. The molecule has 19 heavy (non-hydrogen) atoms. The Morgan fingerprint density at radius 3 is 2.79 bits per heavy atom. The highest BCUT2D eigenvalue weighted by Gasteiger charge is 2.38. The number of anilines is 1. The van der Waals surface area contributed by atoms with Gasteiger partial charge in [0.25, 0.3) is 0 Å². The number of rotatable bonds is 2. The molecule has 1 aromatic rings. The summed E-state index contributed by atoms with van der Waals surface area (Å²) in [7, 11) is -0.654. The summed E-state index contributed by atoms with van der Waals surface area (Å²) >= 11 is 0. The second-order valence-electron chi connectivity index (χ2n) is 5.95. The van der Waals surface area contributed by atoms with Crippen molar-refractivity contribution in [2.75, 3.05) is 18.0 Å². The van der Waals surface area contributed by atoms with Crippen LogP contribution in [0.4, 0.5) is 6.01 Å². The molecule has 104 valence electrons. The van der Waals surface area contributed by atoms with Gasteiger partial charge in [-0.2, -0.15) is 4.98 Å². The standard InChI is InChI=1S/C13H19N3O2S/c17-19-10-4-5-11(19)8-16(7-6-10)13-14-12(15-18-13)9-2-1-3-9/h9-11H,1-8H2.